The summed E-state index contributed by atoms with van der Waals surface area (Å²) in [4.78, 5) is 25.1. The van der Waals surface area contributed by atoms with E-state index in [0.717, 1.165) is 11.8 Å². The molecule has 7 heteroatoms. The predicted molar refractivity (Wildman–Crippen MR) is 67.3 cm³/mol. The van der Waals surface area contributed by atoms with Crippen LogP contribution in [0.25, 0.3) is 0 Å². The first kappa shape index (κ1) is 12.7. The number of hydrogen-bond donors (Lipinski definition) is 2. The van der Waals surface area contributed by atoms with Gasteiger partial charge in [-0.05, 0) is 6.92 Å². The van der Waals surface area contributed by atoms with Gasteiger partial charge in [0.25, 0.3) is 5.56 Å². The summed E-state index contributed by atoms with van der Waals surface area (Å²) >= 11 is 1.16. The van der Waals surface area contributed by atoms with Crippen molar-refractivity contribution in [3.8, 4) is 6.07 Å². The molecule has 0 fully saturated rings. The molecule has 0 spiro atoms. The predicted octanol–water partition coefficient (Wildman–Crippen LogP) is -0.0987. The number of aliphatic hydroxyl groups is 1. The van der Waals surface area contributed by atoms with Gasteiger partial charge >= 0.3 is 5.69 Å². The van der Waals surface area contributed by atoms with Gasteiger partial charge in [-0.2, -0.15) is 5.26 Å². The van der Waals surface area contributed by atoms with Crippen molar-refractivity contribution in [3.05, 3.63) is 44.8 Å². The molecular weight excluding hydrogens is 254 g/mol. The van der Waals surface area contributed by atoms with E-state index in [-0.39, 0.29) is 6.61 Å². The highest BCUT2D eigenvalue weighted by Crippen LogP contribution is 2.42. The van der Waals surface area contributed by atoms with Crippen molar-refractivity contribution in [2.45, 2.75) is 17.0 Å². The molecule has 0 radical (unpaired) electrons. The first-order chi connectivity index (χ1) is 8.51. The number of H-pyrrole nitrogens is 1. The molecule has 18 heavy (non-hydrogen) atoms. The normalized spacial score (nSPS) is 26.2. The van der Waals surface area contributed by atoms with Crippen molar-refractivity contribution in [1.82, 2.24) is 9.55 Å². The summed E-state index contributed by atoms with van der Waals surface area (Å²) in [5, 5.41) is 17.8. The smallest absolute Gasteiger partial charge is 0.329 e. The maximum atomic E-state index is 11.7. The number of thioether (sulfide) groups is 1. The fraction of sp³-hybridized carbons (Fsp3) is 0.364. The van der Waals surface area contributed by atoms with Crippen LogP contribution in [0.1, 0.15) is 10.9 Å². The molecule has 6 nitrogen and oxygen atoms in total. The zero-order chi connectivity index (χ0) is 13.3. The van der Waals surface area contributed by atoms with Gasteiger partial charge in [0.1, 0.15) is 10.1 Å². The average molecular weight is 265 g/mol. The molecule has 0 bridgehead atoms. The summed E-state index contributed by atoms with van der Waals surface area (Å²) in [5.74, 6) is 0. The fourth-order valence-corrected chi connectivity index (χ4v) is 2.79. The van der Waals surface area contributed by atoms with E-state index >= 15 is 0 Å². The fourth-order valence-electron chi connectivity index (χ4n) is 1.65. The molecule has 2 atom stereocenters. The molecule has 0 amide bonds. The topological polar surface area (TPSA) is 98.9 Å². The summed E-state index contributed by atoms with van der Waals surface area (Å²) in [6.07, 6.45) is 4.70. The quantitative estimate of drug-likeness (QED) is 0.728. The van der Waals surface area contributed by atoms with Gasteiger partial charge in [0.2, 0.25) is 0 Å². The van der Waals surface area contributed by atoms with Crippen LogP contribution in [0.15, 0.2) is 27.9 Å². The number of aryl methyl sites for hydroxylation is 1. The second-order valence-electron chi connectivity index (χ2n) is 4.01. The Bertz CT molecular complexity index is 655. The summed E-state index contributed by atoms with van der Waals surface area (Å²) in [6.45, 7) is 1.28. The zero-order valence-corrected chi connectivity index (χ0v) is 10.4. The molecule has 0 aliphatic carbocycles. The Morgan fingerprint density at radius 2 is 2.39 bits per heavy atom. The standard InChI is InChI=1S/C11H11N3O3S/c1-7-4-14(10(17)13-9(7)16)8-2-3-11(5-12,6-15)18-8/h2-4,8,15H,6H2,1H3,(H,13,16,17)/t8-,11-/m1/s1. The van der Waals surface area contributed by atoms with E-state index < -0.39 is 21.4 Å². The van der Waals surface area contributed by atoms with E-state index in [1.165, 1.54) is 10.8 Å². The lowest BCUT2D eigenvalue weighted by molar-refractivity contribution is 0.289. The third-order valence-electron chi connectivity index (χ3n) is 2.71. The first-order valence-corrected chi connectivity index (χ1v) is 6.11. The highest BCUT2D eigenvalue weighted by atomic mass is 32.2. The number of nitrogens with zero attached hydrogens (tertiary/aromatic N) is 2. The molecule has 1 aliphatic heterocycles. The second kappa shape index (κ2) is 4.48. The minimum Gasteiger partial charge on any atom is -0.393 e. The largest absolute Gasteiger partial charge is 0.393 e. The number of aromatic nitrogens is 2. The van der Waals surface area contributed by atoms with E-state index in [0.29, 0.717) is 5.56 Å². The van der Waals surface area contributed by atoms with Gasteiger partial charge < -0.3 is 5.11 Å². The van der Waals surface area contributed by atoms with Gasteiger partial charge in [0.15, 0.2) is 0 Å². The summed E-state index contributed by atoms with van der Waals surface area (Å²) in [7, 11) is 0. The molecule has 0 saturated carbocycles. The molecular formula is C11H11N3O3S. The highest BCUT2D eigenvalue weighted by Gasteiger charge is 2.36. The van der Waals surface area contributed by atoms with Crippen LogP contribution in [0.5, 0.6) is 0 Å². The minimum absolute atomic E-state index is 0.321. The van der Waals surface area contributed by atoms with Crippen molar-refractivity contribution >= 4 is 11.8 Å². The number of aliphatic hydroxyl groups excluding tert-OH is 1. The zero-order valence-electron chi connectivity index (χ0n) is 9.58. The number of nitriles is 1. The summed E-state index contributed by atoms with van der Waals surface area (Å²) in [6, 6.07) is 2.01. The van der Waals surface area contributed by atoms with Gasteiger partial charge in [-0.1, -0.05) is 12.2 Å². The Hall–Kier alpha value is -1.78. The van der Waals surface area contributed by atoms with Crippen LogP contribution in [0, 0.1) is 18.3 Å². The molecule has 2 heterocycles. The third-order valence-corrected chi connectivity index (χ3v) is 4.11. The monoisotopic (exact) mass is 265 g/mol. The van der Waals surface area contributed by atoms with Gasteiger partial charge in [-0.15, -0.1) is 11.8 Å². The maximum absolute atomic E-state index is 11.7. The summed E-state index contributed by atoms with van der Waals surface area (Å²) in [5.41, 5.74) is -0.529. The molecule has 0 unspecified atom stereocenters. The van der Waals surface area contributed by atoms with Crippen LogP contribution in [-0.4, -0.2) is 26.0 Å². The van der Waals surface area contributed by atoms with Crippen molar-refractivity contribution in [3.63, 3.8) is 0 Å². The molecule has 94 valence electrons. The van der Waals surface area contributed by atoms with Crippen LogP contribution in [0.3, 0.4) is 0 Å². The van der Waals surface area contributed by atoms with Crippen LogP contribution in [-0.2, 0) is 0 Å². The van der Waals surface area contributed by atoms with Gasteiger partial charge in [-0.25, -0.2) is 4.79 Å². The average Bonchev–Trinajstić information content (AvgIpc) is 2.79. The Kier molecular flexibility index (Phi) is 3.15. The van der Waals surface area contributed by atoms with E-state index in [1.54, 1.807) is 19.1 Å². The Labute approximate surface area is 107 Å². The lowest BCUT2D eigenvalue weighted by atomic mass is 10.1. The number of rotatable bonds is 2. The van der Waals surface area contributed by atoms with Gasteiger partial charge in [-0.3, -0.25) is 14.3 Å². The van der Waals surface area contributed by atoms with Gasteiger partial charge in [0, 0.05) is 11.8 Å². The Balaban J connectivity index is 2.41. The van der Waals surface area contributed by atoms with E-state index in [9.17, 15) is 14.7 Å². The number of aromatic amines is 1. The van der Waals surface area contributed by atoms with E-state index in [1.807, 2.05) is 6.07 Å². The van der Waals surface area contributed by atoms with Crippen molar-refractivity contribution in [2.24, 2.45) is 0 Å². The molecule has 1 aromatic rings. The molecule has 0 aromatic carbocycles. The number of hydrogen-bond acceptors (Lipinski definition) is 5. The lowest BCUT2D eigenvalue weighted by Crippen LogP contribution is -2.32. The lowest BCUT2D eigenvalue weighted by Gasteiger charge is -2.18. The van der Waals surface area contributed by atoms with Crippen LogP contribution in [0.2, 0.25) is 0 Å². The Morgan fingerprint density at radius 1 is 1.67 bits per heavy atom. The van der Waals surface area contributed by atoms with E-state index in [2.05, 4.69) is 4.98 Å². The molecule has 2 N–H and O–H groups in total. The van der Waals surface area contributed by atoms with Crippen LogP contribution in [0.4, 0.5) is 0 Å². The molecule has 1 aliphatic rings. The first-order valence-electron chi connectivity index (χ1n) is 5.23. The van der Waals surface area contributed by atoms with Crippen molar-refractivity contribution < 1.29 is 5.11 Å². The highest BCUT2D eigenvalue weighted by molar-refractivity contribution is 8.01. The number of nitrogens with one attached hydrogen (secondary N) is 1. The summed E-state index contributed by atoms with van der Waals surface area (Å²) < 4.78 is 0.320. The minimum atomic E-state index is -1.02. The Morgan fingerprint density at radius 3 is 2.94 bits per heavy atom. The SMILES string of the molecule is Cc1cn([C@H]2C=C[C@@](C#N)(CO)S2)c(=O)[nH]c1=O. The van der Waals surface area contributed by atoms with Gasteiger partial charge in [0.05, 0.1) is 12.7 Å². The third kappa shape index (κ3) is 2.00. The maximum Gasteiger partial charge on any atom is 0.329 e. The van der Waals surface area contributed by atoms with E-state index in [4.69, 9.17) is 5.26 Å². The van der Waals surface area contributed by atoms with Crippen molar-refractivity contribution in [2.75, 3.05) is 6.61 Å². The molecule has 2 rings (SSSR count). The molecule has 1 aromatic heterocycles. The van der Waals surface area contributed by atoms with Crippen LogP contribution < -0.4 is 11.2 Å². The second-order valence-corrected chi connectivity index (χ2v) is 5.45. The molecule has 0 saturated heterocycles. The van der Waals surface area contributed by atoms with Crippen LogP contribution >= 0.6 is 11.8 Å². The van der Waals surface area contributed by atoms with Crippen molar-refractivity contribution in [1.29, 1.82) is 5.26 Å².